The quantitative estimate of drug-likeness (QED) is 0.578. The van der Waals surface area contributed by atoms with Gasteiger partial charge in [0.15, 0.2) is 0 Å². The van der Waals surface area contributed by atoms with E-state index in [9.17, 15) is 0 Å². The van der Waals surface area contributed by atoms with Gasteiger partial charge in [-0.15, -0.1) is 6.58 Å². The lowest BCUT2D eigenvalue weighted by atomic mass is 10.0. The van der Waals surface area contributed by atoms with Crippen molar-refractivity contribution in [2.75, 3.05) is 7.05 Å². The molecule has 0 heterocycles. The molecule has 0 spiro atoms. The normalized spacial score (nSPS) is 13.3. The third-order valence-corrected chi connectivity index (χ3v) is 2.19. The van der Waals surface area contributed by atoms with Gasteiger partial charge in [-0.25, -0.2) is 0 Å². The fraction of sp³-hybridized carbons (Fsp3) is 0.818. The lowest BCUT2D eigenvalue weighted by Gasteiger charge is -2.14. The maximum Gasteiger partial charge on any atom is 0.00984 e. The molecule has 0 saturated carbocycles. The second kappa shape index (κ2) is 7.35. The minimum absolute atomic E-state index is 0.640. The summed E-state index contributed by atoms with van der Waals surface area (Å²) in [5, 5.41) is 3.31. The van der Waals surface area contributed by atoms with Crippen LogP contribution in [-0.2, 0) is 0 Å². The molecule has 72 valence electrons. The molecule has 0 aromatic carbocycles. The Balaban J connectivity index is 3.37. The zero-order valence-corrected chi connectivity index (χ0v) is 8.77. The van der Waals surface area contributed by atoms with Crippen molar-refractivity contribution in [3.8, 4) is 0 Å². The molecule has 0 aliphatic heterocycles. The maximum absolute atomic E-state index is 3.75. The Hall–Kier alpha value is -0.300. The molecule has 0 fully saturated rings. The molecule has 1 unspecified atom stereocenters. The number of nitrogens with one attached hydrogen (secondary N) is 1. The van der Waals surface area contributed by atoms with E-state index in [2.05, 4.69) is 25.7 Å². The third-order valence-electron chi connectivity index (χ3n) is 2.19. The Bertz CT molecular complexity index is 108. The summed E-state index contributed by atoms with van der Waals surface area (Å²) in [6, 6.07) is 0.640. The van der Waals surface area contributed by atoms with Crippen LogP contribution in [0.15, 0.2) is 12.7 Å². The molecule has 1 heteroatoms. The van der Waals surface area contributed by atoms with E-state index >= 15 is 0 Å². The van der Waals surface area contributed by atoms with Gasteiger partial charge in [-0.3, -0.25) is 0 Å². The fourth-order valence-corrected chi connectivity index (χ4v) is 1.35. The largest absolute Gasteiger partial charge is 0.317 e. The summed E-state index contributed by atoms with van der Waals surface area (Å²) in [6.45, 7) is 8.31. The van der Waals surface area contributed by atoms with Gasteiger partial charge in [0, 0.05) is 6.04 Å². The van der Waals surface area contributed by atoms with E-state index in [4.69, 9.17) is 0 Å². The Kier molecular flexibility index (Phi) is 7.17. The molecule has 0 aromatic heterocycles. The van der Waals surface area contributed by atoms with Crippen molar-refractivity contribution >= 4 is 0 Å². The number of hydrogen-bond acceptors (Lipinski definition) is 1. The molecule has 0 aliphatic rings. The first-order chi connectivity index (χ1) is 5.70. The van der Waals surface area contributed by atoms with Gasteiger partial charge in [-0.2, -0.15) is 0 Å². The molecular weight excluding hydrogens is 146 g/mol. The molecule has 0 amide bonds. The smallest absolute Gasteiger partial charge is 0.00984 e. The molecule has 0 aliphatic carbocycles. The lowest BCUT2D eigenvalue weighted by molar-refractivity contribution is 0.462. The van der Waals surface area contributed by atoms with E-state index in [1.54, 1.807) is 0 Å². The van der Waals surface area contributed by atoms with Crippen LogP contribution in [0.2, 0.25) is 0 Å². The van der Waals surface area contributed by atoms with Crippen molar-refractivity contribution in [3.05, 3.63) is 12.7 Å². The Morgan fingerprint density at radius 3 is 2.42 bits per heavy atom. The second-order valence-electron chi connectivity index (χ2n) is 3.83. The third kappa shape index (κ3) is 6.41. The van der Waals surface area contributed by atoms with Crippen LogP contribution in [-0.4, -0.2) is 13.1 Å². The Labute approximate surface area is 77.2 Å². The van der Waals surface area contributed by atoms with Crippen LogP contribution >= 0.6 is 0 Å². The highest BCUT2D eigenvalue weighted by Gasteiger charge is 2.03. The summed E-state index contributed by atoms with van der Waals surface area (Å²) in [4.78, 5) is 0. The van der Waals surface area contributed by atoms with Gasteiger partial charge in [0.2, 0.25) is 0 Å². The first kappa shape index (κ1) is 11.7. The van der Waals surface area contributed by atoms with Crippen LogP contribution in [0.5, 0.6) is 0 Å². The first-order valence-electron chi connectivity index (χ1n) is 4.98. The van der Waals surface area contributed by atoms with E-state index in [-0.39, 0.29) is 0 Å². The topological polar surface area (TPSA) is 12.0 Å². The van der Waals surface area contributed by atoms with E-state index in [0.717, 1.165) is 12.3 Å². The molecule has 0 aromatic rings. The minimum atomic E-state index is 0.640. The molecule has 12 heavy (non-hydrogen) atoms. The van der Waals surface area contributed by atoms with Gasteiger partial charge in [-0.05, 0) is 25.8 Å². The van der Waals surface area contributed by atoms with E-state index < -0.39 is 0 Å². The predicted molar refractivity (Wildman–Crippen MR) is 56.4 cm³/mol. The maximum atomic E-state index is 3.75. The Morgan fingerprint density at radius 2 is 2.00 bits per heavy atom. The van der Waals surface area contributed by atoms with E-state index in [1.165, 1.54) is 19.3 Å². The summed E-state index contributed by atoms with van der Waals surface area (Å²) >= 11 is 0. The molecule has 0 saturated heterocycles. The fourth-order valence-electron chi connectivity index (χ4n) is 1.35. The van der Waals surface area contributed by atoms with Gasteiger partial charge in [0.1, 0.15) is 0 Å². The molecule has 0 rings (SSSR count). The molecular formula is C11H23N. The molecule has 0 bridgehead atoms. The van der Waals surface area contributed by atoms with Crippen molar-refractivity contribution in [1.82, 2.24) is 5.32 Å². The number of hydrogen-bond donors (Lipinski definition) is 1. The molecule has 1 atom stereocenters. The van der Waals surface area contributed by atoms with Crippen molar-refractivity contribution in [2.24, 2.45) is 5.92 Å². The summed E-state index contributed by atoms with van der Waals surface area (Å²) in [6.07, 6.45) is 7.04. The summed E-state index contributed by atoms with van der Waals surface area (Å²) in [5.41, 5.74) is 0. The average molecular weight is 169 g/mol. The Morgan fingerprint density at radius 1 is 1.33 bits per heavy atom. The standard InChI is InChI=1S/C11H23N/c1-5-7-11(12-4)9-6-8-10(2)3/h5,10-12H,1,6-9H2,2-4H3. The van der Waals surface area contributed by atoms with Crippen LogP contribution < -0.4 is 5.32 Å². The van der Waals surface area contributed by atoms with Crippen molar-refractivity contribution < 1.29 is 0 Å². The zero-order valence-electron chi connectivity index (χ0n) is 8.77. The molecule has 0 radical (unpaired) electrons. The summed E-state index contributed by atoms with van der Waals surface area (Å²) < 4.78 is 0. The zero-order chi connectivity index (χ0) is 9.40. The molecule has 1 nitrogen and oxygen atoms in total. The van der Waals surface area contributed by atoms with Crippen LogP contribution in [0, 0.1) is 5.92 Å². The predicted octanol–water partition coefficient (Wildman–Crippen LogP) is 2.98. The lowest BCUT2D eigenvalue weighted by Crippen LogP contribution is -2.24. The van der Waals surface area contributed by atoms with Gasteiger partial charge in [0.05, 0.1) is 0 Å². The van der Waals surface area contributed by atoms with Gasteiger partial charge >= 0.3 is 0 Å². The monoisotopic (exact) mass is 169 g/mol. The summed E-state index contributed by atoms with van der Waals surface area (Å²) in [7, 11) is 2.03. The highest BCUT2D eigenvalue weighted by atomic mass is 14.9. The van der Waals surface area contributed by atoms with Crippen molar-refractivity contribution in [1.29, 1.82) is 0 Å². The van der Waals surface area contributed by atoms with Crippen LogP contribution in [0.3, 0.4) is 0 Å². The first-order valence-corrected chi connectivity index (χ1v) is 4.98. The SMILES string of the molecule is C=CCC(CCCC(C)C)NC. The summed E-state index contributed by atoms with van der Waals surface area (Å²) in [5.74, 6) is 0.839. The van der Waals surface area contributed by atoms with E-state index in [1.807, 2.05) is 13.1 Å². The van der Waals surface area contributed by atoms with Crippen molar-refractivity contribution in [3.63, 3.8) is 0 Å². The van der Waals surface area contributed by atoms with Gasteiger partial charge in [0.25, 0.3) is 0 Å². The second-order valence-corrected chi connectivity index (χ2v) is 3.83. The number of rotatable bonds is 7. The van der Waals surface area contributed by atoms with Crippen LogP contribution in [0.25, 0.3) is 0 Å². The van der Waals surface area contributed by atoms with Gasteiger partial charge in [-0.1, -0.05) is 32.8 Å². The van der Waals surface area contributed by atoms with E-state index in [0.29, 0.717) is 6.04 Å². The average Bonchev–Trinajstić information content (AvgIpc) is 2.02. The van der Waals surface area contributed by atoms with Crippen molar-refractivity contribution in [2.45, 2.75) is 45.6 Å². The molecule has 1 N–H and O–H groups in total. The van der Waals surface area contributed by atoms with Gasteiger partial charge < -0.3 is 5.32 Å². The van der Waals surface area contributed by atoms with Crippen LogP contribution in [0.1, 0.15) is 39.5 Å². The minimum Gasteiger partial charge on any atom is -0.317 e. The van der Waals surface area contributed by atoms with Crippen LogP contribution in [0.4, 0.5) is 0 Å². The highest BCUT2D eigenvalue weighted by molar-refractivity contribution is 4.76. The highest BCUT2D eigenvalue weighted by Crippen LogP contribution is 2.10.